The molecule has 0 aromatic carbocycles. The van der Waals surface area contributed by atoms with Crippen LogP contribution < -0.4 is 5.32 Å². The van der Waals surface area contributed by atoms with E-state index in [1.54, 1.807) is 0 Å². The summed E-state index contributed by atoms with van der Waals surface area (Å²) in [6.07, 6.45) is 5.38. The van der Waals surface area contributed by atoms with Gasteiger partial charge in [-0.15, -0.1) is 0 Å². The topological polar surface area (TPSA) is 24.5 Å². The first-order chi connectivity index (χ1) is 8.22. The van der Waals surface area contributed by atoms with Gasteiger partial charge >= 0.3 is 0 Å². The molecule has 1 aliphatic rings. The van der Waals surface area contributed by atoms with Crippen molar-refractivity contribution in [1.29, 1.82) is 0 Å². The van der Waals surface area contributed by atoms with Gasteiger partial charge in [-0.3, -0.25) is 0 Å². The molecule has 0 aliphatic carbocycles. The number of nitrogens with one attached hydrogen (secondary N) is 1. The quantitative estimate of drug-likeness (QED) is 0.661. The van der Waals surface area contributed by atoms with E-state index < -0.39 is 0 Å². The molecule has 0 atom stereocenters. The summed E-state index contributed by atoms with van der Waals surface area (Å²) in [6, 6.07) is 0.606. The molecule has 0 unspecified atom stereocenters. The highest BCUT2D eigenvalue weighted by molar-refractivity contribution is 4.71. The van der Waals surface area contributed by atoms with Gasteiger partial charge in [-0.25, -0.2) is 0 Å². The molecule has 0 bridgehead atoms. The highest BCUT2D eigenvalue weighted by Crippen LogP contribution is 2.13. The fourth-order valence-corrected chi connectivity index (χ4v) is 2.26. The van der Waals surface area contributed by atoms with Crippen molar-refractivity contribution < 1.29 is 4.74 Å². The maximum absolute atomic E-state index is 5.93. The van der Waals surface area contributed by atoms with Gasteiger partial charge < -0.3 is 15.0 Å². The molecule has 1 saturated heterocycles. The minimum Gasteiger partial charge on any atom is -0.378 e. The summed E-state index contributed by atoms with van der Waals surface area (Å²) < 4.78 is 5.93. The molecule has 1 rings (SSSR count). The number of likely N-dealkylation sites (tertiary alicyclic amines) is 1. The molecular formula is C14H30N2O. The lowest BCUT2D eigenvalue weighted by molar-refractivity contribution is 0.00710. The number of unbranched alkanes of at least 4 members (excludes halogenated alkanes) is 1. The van der Waals surface area contributed by atoms with E-state index in [0.717, 1.165) is 13.2 Å². The molecule has 0 saturated carbocycles. The highest BCUT2D eigenvalue weighted by Gasteiger charge is 2.17. The fraction of sp³-hybridized carbons (Fsp3) is 1.00. The number of hydrogen-bond donors (Lipinski definition) is 1. The van der Waals surface area contributed by atoms with Crippen LogP contribution in [0.4, 0.5) is 0 Å². The van der Waals surface area contributed by atoms with Crippen LogP contribution in [0.5, 0.6) is 0 Å². The van der Waals surface area contributed by atoms with E-state index in [4.69, 9.17) is 4.74 Å². The zero-order chi connectivity index (χ0) is 12.5. The van der Waals surface area contributed by atoms with Gasteiger partial charge in [0.15, 0.2) is 0 Å². The summed E-state index contributed by atoms with van der Waals surface area (Å²) in [5, 5.41) is 3.44. The van der Waals surface area contributed by atoms with Crippen molar-refractivity contribution in [2.24, 2.45) is 0 Å². The van der Waals surface area contributed by atoms with Gasteiger partial charge in [-0.05, 0) is 38.8 Å². The first-order valence-electron chi connectivity index (χ1n) is 7.29. The molecule has 3 heteroatoms. The molecule has 0 aromatic heterocycles. The Morgan fingerprint density at radius 2 is 1.94 bits per heavy atom. The molecule has 17 heavy (non-hydrogen) atoms. The summed E-state index contributed by atoms with van der Waals surface area (Å²) in [6.45, 7) is 12.3. The average molecular weight is 242 g/mol. The maximum atomic E-state index is 5.93. The molecule has 1 heterocycles. The standard InChI is InChI=1S/C14H30N2O/c1-4-16-10-7-14(8-11-16)17-12-6-5-9-15-13(2)3/h13-15H,4-12H2,1-3H3. The number of nitrogens with zero attached hydrogens (tertiary/aromatic N) is 1. The molecule has 1 N–H and O–H groups in total. The summed E-state index contributed by atoms with van der Waals surface area (Å²) in [7, 11) is 0. The zero-order valence-electron chi connectivity index (χ0n) is 11.9. The second-order valence-corrected chi connectivity index (χ2v) is 5.32. The summed E-state index contributed by atoms with van der Waals surface area (Å²) in [4.78, 5) is 2.51. The molecule has 0 amide bonds. The van der Waals surface area contributed by atoms with Gasteiger partial charge in [0.2, 0.25) is 0 Å². The second kappa shape index (κ2) is 8.90. The van der Waals surface area contributed by atoms with E-state index in [9.17, 15) is 0 Å². The highest BCUT2D eigenvalue weighted by atomic mass is 16.5. The minimum absolute atomic E-state index is 0.524. The Kier molecular flexibility index (Phi) is 7.82. The largest absolute Gasteiger partial charge is 0.378 e. The third-order valence-corrected chi connectivity index (χ3v) is 3.46. The van der Waals surface area contributed by atoms with Gasteiger partial charge in [-0.2, -0.15) is 0 Å². The van der Waals surface area contributed by atoms with Crippen molar-refractivity contribution in [3.8, 4) is 0 Å². The van der Waals surface area contributed by atoms with E-state index >= 15 is 0 Å². The first kappa shape index (κ1) is 14.9. The molecule has 102 valence electrons. The van der Waals surface area contributed by atoms with Crippen molar-refractivity contribution in [1.82, 2.24) is 10.2 Å². The van der Waals surface area contributed by atoms with E-state index in [1.807, 2.05) is 0 Å². The molecule has 1 aliphatic heterocycles. The van der Waals surface area contributed by atoms with Crippen LogP contribution in [0.1, 0.15) is 46.5 Å². The van der Waals surface area contributed by atoms with Gasteiger partial charge in [0.05, 0.1) is 6.10 Å². The Balaban J connectivity index is 1.90. The summed E-state index contributed by atoms with van der Waals surface area (Å²) in [5.41, 5.74) is 0. The number of hydrogen-bond acceptors (Lipinski definition) is 3. The normalized spacial score (nSPS) is 19.1. The van der Waals surface area contributed by atoms with Crippen LogP contribution in [-0.2, 0) is 4.74 Å². The van der Waals surface area contributed by atoms with Gasteiger partial charge in [0.25, 0.3) is 0 Å². The van der Waals surface area contributed by atoms with Crippen LogP contribution in [0, 0.1) is 0 Å². The van der Waals surface area contributed by atoms with Crippen LogP contribution in [0.2, 0.25) is 0 Å². The van der Waals surface area contributed by atoms with Crippen LogP contribution in [0.15, 0.2) is 0 Å². The minimum atomic E-state index is 0.524. The smallest absolute Gasteiger partial charge is 0.0599 e. The summed E-state index contributed by atoms with van der Waals surface area (Å²) in [5.74, 6) is 0. The monoisotopic (exact) mass is 242 g/mol. The molecule has 0 radical (unpaired) electrons. The number of piperidine rings is 1. The van der Waals surface area contributed by atoms with Crippen molar-refractivity contribution >= 4 is 0 Å². The zero-order valence-corrected chi connectivity index (χ0v) is 11.9. The third kappa shape index (κ3) is 7.02. The number of rotatable bonds is 8. The van der Waals surface area contributed by atoms with Gasteiger partial charge in [0, 0.05) is 25.7 Å². The van der Waals surface area contributed by atoms with Gasteiger partial charge in [-0.1, -0.05) is 20.8 Å². The van der Waals surface area contributed by atoms with Crippen molar-refractivity contribution in [2.45, 2.75) is 58.6 Å². The first-order valence-corrected chi connectivity index (χ1v) is 7.29. The molecule has 1 fully saturated rings. The maximum Gasteiger partial charge on any atom is 0.0599 e. The lowest BCUT2D eigenvalue weighted by Crippen LogP contribution is -2.36. The lowest BCUT2D eigenvalue weighted by atomic mass is 10.1. The number of ether oxygens (including phenoxy) is 1. The van der Waals surface area contributed by atoms with E-state index in [1.165, 1.54) is 45.3 Å². The van der Waals surface area contributed by atoms with E-state index in [-0.39, 0.29) is 0 Å². The van der Waals surface area contributed by atoms with Crippen molar-refractivity contribution in [3.63, 3.8) is 0 Å². The molecular weight excluding hydrogens is 212 g/mol. The average Bonchev–Trinajstić information content (AvgIpc) is 2.34. The lowest BCUT2D eigenvalue weighted by Gasteiger charge is -2.30. The molecule has 3 nitrogen and oxygen atoms in total. The van der Waals surface area contributed by atoms with Crippen LogP contribution in [0.25, 0.3) is 0 Å². The van der Waals surface area contributed by atoms with Crippen molar-refractivity contribution in [3.05, 3.63) is 0 Å². The van der Waals surface area contributed by atoms with Crippen LogP contribution in [-0.4, -0.2) is 49.8 Å². The molecule has 0 spiro atoms. The Morgan fingerprint density at radius 1 is 1.24 bits per heavy atom. The SMILES string of the molecule is CCN1CCC(OCCCCNC(C)C)CC1. The predicted octanol–water partition coefficient (Wildman–Crippen LogP) is 2.27. The van der Waals surface area contributed by atoms with Crippen molar-refractivity contribution in [2.75, 3.05) is 32.8 Å². The summed E-state index contributed by atoms with van der Waals surface area (Å²) >= 11 is 0. The predicted molar refractivity (Wildman–Crippen MR) is 73.5 cm³/mol. The van der Waals surface area contributed by atoms with E-state index in [0.29, 0.717) is 12.1 Å². The Bertz CT molecular complexity index is 177. The Labute approximate surface area is 107 Å². The second-order valence-electron chi connectivity index (χ2n) is 5.32. The fourth-order valence-electron chi connectivity index (χ4n) is 2.26. The molecule has 0 aromatic rings. The Morgan fingerprint density at radius 3 is 2.53 bits per heavy atom. The van der Waals surface area contributed by atoms with Gasteiger partial charge in [0.1, 0.15) is 0 Å². The third-order valence-electron chi connectivity index (χ3n) is 3.46. The van der Waals surface area contributed by atoms with E-state index in [2.05, 4.69) is 31.0 Å². The Hall–Kier alpha value is -0.120. The van der Waals surface area contributed by atoms with Crippen LogP contribution >= 0.6 is 0 Å². The van der Waals surface area contributed by atoms with Crippen LogP contribution in [0.3, 0.4) is 0 Å².